The van der Waals surface area contributed by atoms with E-state index < -0.39 is 11.6 Å². The molecule has 1 aliphatic heterocycles. The second-order valence-electron chi connectivity index (χ2n) is 8.02. The van der Waals surface area contributed by atoms with E-state index in [1.165, 1.54) is 12.3 Å². The van der Waals surface area contributed by atoms with Gasteiger partial charge in [0.1, 0.15) is 11.6 Å². The van der Waals surface area contributed by atoms with Crippen LogP contribution in [-0.2, 0) is 22.6 Å². The number of aryl methyl sites for hydroxylation is 1. The van der Waals surface area contributed by atoms with Gasteiger partial charge in [-0.15, -0.1) is 0 Å². The maximum atomic E-state index is 13.9. The van der Waals surface area contributed by atoms with Gasteiger partial charge in [-0.3, -0.25) is 14.5 Å². The Bertz CT molecular complexity index is 1160. The van der Waals surface area contributed by atoms with Gasteiger partial charge < -0.3 is 15.5 Å². The molecule has 0 bridgehead atoms. The normalized spacial score (nSPS) is 16.1. The quantitative estimate of drug-likeness (QED) is 0.541. The van der Waals surface area contributed by atoms with Gasteiger partial charge in [0.25, 0.3) is 0 Å². The SMILES string of the molecule is NC(=O)C1CCCN1Cc1cccc(NC(=O)CCc2ncc(-c3ccc(F)cc3F)o2)c1. The highest BCUT2D eigenvalue weighted by molar-refractivity contribution is 5.90. The highest BCUT2D eigenvalue weighted by atomic mass is 19.1. The van der Waals surface area contributed by atoms with E-state index in [1.54, 1.807) is 6.07 Å². The van der Waals surface area contributed by atoms with Gasteiger partial charge in [-0.05, 0) is 49.2 Å². The zero-order valence-electron chi connectivity index (χ0n) is 17.9. The summed E-state index contributed by atoms with van der Waals surface area (Å²) in [6, 6.07) is 10.4. The summed E-state index contributed by atoms with van der Waals surface area (Å²) in [5.74, 6) is -1.50. The molecule has 4 rings (SSSR count). The van der Waals surface area contributed by atoms with Crippen molar-refractivity contribution < 1.29 is 22.8 Å². The molecule has 0 saturated carbocycles. The molecule has 2 aromatic carbocycles. The molecular weight excluding hydrogens is 430 g/mol. The highest BCUT2D eigenvalue weighted by Gasteiger charge is 2.28. The first-order chi connectivity index (χ1) is 15.9. The molecule has 33 heavy (non-hydrogen) atoms. The van der Waals surface area contributed by atoms with E-state index in [0.29, 0.717) is 12.2 Å². The van der Waals surface area contributed by atoms with Crippen LogP contribution in [0.3, 0.4) is 0 Å². The van der Waals surface area contributed by atoms with Gasteiger partial charge in [-0.25, -0.2) is 13.8 Å². The second-order valence-corrected chi connectivity index (χ2v) is 8.02. The molecule has 0 radical (unpaired) electrons. The van der Waals surface area contributed by atoms with E-state index in [0.717, 1.165) is 37.1 Å². The van der Waals surface area contributed by atoms with Gasteiger partial charge in [0.2, 0.25) is 11.8 Å². The third-order valence-electron chi connectivity index (χ3n) is 5.60. The van der Waals surface area contributed by atoms with Crippen LogP contribution in [-0.4, -0.2) is 34.3 Å². The van der Waals surface area contributed by atoms with E-state index in [9.17, 15) is 18.4 Å². The number of halogens is 2. The molecule has 1 fully saturated rings. The molecule has 0 spiro atoms. The lowest BCUT2D eigenvalue weighted by Gasteiger charge is -2.22. The number of aromatic nitrogens is 1. The lowest BCUT2D eigenvalue weighted by atomic mass is 10.1. The van der Waals surface area contributed by atoms with Crippen molar-refractivity contribution in [2.75, 3.05) is 11.9 Å². The number of nitrogens with one attached hydrogen (secondary N) is 1. The van der Waals surface area contributed by atoms with Gasteiger partial charge in [-0.1, -0.05) is 12.1 Å². The van der Waals surface area contributed by atoms with E-state index in [4.69, 9.17) is 10.2 Å². The predicted molar refractivity (Wildman–Crippen MR) is 118 cm³/mol. The van der Waals surface area contributed by atoms with Gasteiger partial charge in [0.15, 0.2) is 11.7 Å². The molecular formula is C24H24F2N4O3. The molecule has 2 heterocycles. The number of nitrogens with zero attached hydrogens (tertiary/aromatic N) is 2. The number of oxazole rings is 1. The summed E-state index contributed by atoms with van der Waals surface area (Å²) in [5.41, 5.74) is 7.21. The largest absolute Gasteiger partial charge is 0.441 e. The summed E-state index contributed by atoms with van der Waals surface area (Å²) in [5, 5.41) is 2.85. The number of hydrogen-bond donors (Lipinski definition) is 2. The predicted octanol–water partition coefficient (Wildman–Crippen LogP) is 3.64. The van der Waals surface area contributed by atoms with Crippen molar-refractivity contribution in [3.8, 4) is 11.3 Å². The van der Waals surface area contributed by atoms with Crippen molar-refractivity contribution in [2.24, 2.45) is 5.73 Å². The monoisotopic (exact) mass is 454 g/mol. The first-order valence-corrected chi connectivity index (χ1v) is 10.7. The van der Waals surface area contributed by atoms with Crippen LogP contribution < -0.4 is 11.1 Å². The Labute approximate surface area is 189 Å². The second kappa shape index (κ2) is 9.91. The molecule has 1 aromatic heterocycles. The van der Waals surface area contributed by atoms with Crippen LogP contribution in [0.15, 0.2) is 53.1 Å². The van der Waals surface area contributed by atoms with Crippen LogP contribution in [0.1, 0.15) is 30.7 Å². The molecule has 3 aromatic rings. The summed E-state index contributed by atoms with van der Waals surface area (Å²) >= 11 is 0. The van der Waals surface area contributed by atoms with E-state index >= 15 is 0 Å². The Morgan fingerprint density at radius 3 is 2.85 bits per heavy atom. The maximum Gasteiger partial charge on any atom is 0.234 e. The van der Waals surface area contributed by atoms with Gasteiger partial charge in [-0.2, -0.15) is 0 Å². The van der Waals surface area contributed by atoms with Crippen LogP contribution in [0.2, 0.25) is 0 Å². The number of anilines is 1. The zero-order valence-corrected chi connectivity index (χ0v) is 17.9. The van der Waals surface area contributed by atoms with Crippen molar-refractivity contribution >= 4 is 17.5 Å². The Kier molecular flexibility index (Phi) is 6.79. The number of carbonyl (C=O) groups excluding carboxylic acids is 2. The molecule has 1 aliphatic rings. The fourth-order valence-electron chi connectivity index (χ4n) is 4.00. The lowest BCUT2D eigenvalue weighted by molar-refractivity contribution is -0.122. The van der Waals surface area contributed by atoms with Gasteiger partial charge >= 0.3 is 0 Å². The summed E-state index contributed by atoms with van der Waals surface area (Å²) in [7, 11) is 0. The summed E-state index contributed by atoms with van der Waals surface area (Å²) in [6.45, 7) is 1.39. The third-order valence-corrected chi connectivity index (χ3v) is 5.60. The Morgan fingerprint density at radius 1 is 1.21 bits per heavy atom. The smallest absolute Gasteiger partial charge is 0.234 e. The van der Waals surface area contributed by atoms with Crippen molar-refractivity contribution in [1.82, 2.24) is 9.88 Å². The molecule has 3 N–H and O–H groups in total. The zero-order chi connectivity index (χ0) is 23.4. The van der Waals surface area contributed by atoms with Crippen molar-refractivity contribution in [1.29, 1.82) is 0 Å². The van der Waals surface area contributed by atoms with Crippen LogP contribution >= 0.6 is 0 Å². The molecule has 1 atom stereocenters. The Balaban J connectivity index is 1.32. The van der Waals surface area contributed by atoms with Crippen LogP contribution in [0.4, 0.5) is 14.5 Å². The van der Waals surface area contributed by atoms with E-state index in [-0.39, 0.29) is 47.9 Å². The number of amides is 2. The average Bonchev–Trinajstić information content (AvgIpc) is 3.42. The summed E-state index contributed by atoms with van der Waals surface area (Å²) < 4.78 is 32.5. The van der Waals surface area contributed by atoms with Crippen LogP contribution in [0.5, 0.6) is 0 Å². The lowest BCUT2D eigenvalue weighted by Crippen LogP contribution is -2.39. The molecule has 7 nitrogen and oxygen atoms in total. The first-order valence-electron chi connectivity index (χ1n) is 10.7. The summed E-state index contributed by atoms with van der Waals surface area (Å²) in [6.07, 6.45) is 3.39. The van der Waals surface area contributed by atoms with Gasteiger partial charge in [0, 0.05) is 31.1 Å². The number of hydrogen-bond acceptors (Lipinski definition) is 5. The number of nitrogens with two attached hydrogens (primary N) is 1. The molecule has 2 amide bonds. The van der Waals surface area contributed by atoms with Gasteiger partial charge in [0.05, 0.1) is 17.8 Å². The number of benzene rings is 2. The third kappa shape index (κ3) is 5.61. The highest BCUT2D eigenvalue weighted by Crippen LogP contribution is 2.25. The summed E-state index contributed by atoms with van der Waals surface area (Å²) in [4.78, 5) is 30.1. The topological polar surface area (TPSA) is 101 Å². The first kappa shape index (κ1) is 22.6. The minimum atomic E-state index is -0.744. The fraction of sp³-hybridized carbons (Fsp3) is 0.292. The van der Waals surface area contributed by atoms with Crippen LogP contribution in [0, 0.1) is 11.6 Å². The Morgan fingerprint density at radius 2 is 2.06 bits per heavy atom. The van der Waals surface area contributed by atoms with Crippen molar-refractivity contribution in [3.63, 3.8) is 0 Å². The molecule has 1 saturated heterocycles. The number of primary amides is 1. The molecule has 1 unspecified atom stereocenters. The van der Waals surface area contributed by atoms with E-state index in [1.807, 2.05) is 23.1 Å². The molecule has 0 aliphatic carbocycles. The fourth-order valence-corrected chi connectivity index (χ4v) is 4.00. The van der Waals surface area contributed by atoms with Crippen molar-refractivity contribution in [3.05, 3.63) is 71.8 Å². The number of carbonyl (C=O) groups is 2. The molecule has 172 valence electrons. The maximum absolute atomic E-state index is 13.9. The Hall–Kier alpha value is -3.59. The minimum absolute atomic E-state index is 0.105. The van der Waals surface area contributed by atoms with Crippen LogP contribution in [0.25, 0.3) is 11.3 Å². The average molecular weight is 454 g/mol. The van der Waals surface area contributed by atoms with Crippen molar-refractivity contribution in [2.45, 2.75) is 38.3 Å². The minimum Gasteiger partial charge on any atom is -0.441 e. The standard InChI is InChI=1S/C24H24F2N4O3/c25-16-6-7-18(19(26)12-16)21-13-28-23(33-21)9-8-22(31)29-17-4-1-3-15(11-17)14-30-10-2-5-20(30)24(27)32/h1,3-4,6-7,11-13,20H,2,5,8-10,14H2,(H2,27,32)(H,29,31). The van der Waals surface area contributed by atoms with E-state index in [2.05, 4.69) is 10.3 Å². The number of rotatable bonds is 8. The number of likely N-dealkylation sites (tertiary alicyclic amines) is 1. The molecule has 9 heteroatoms.